The molecule has 6 heteroatoms. The molecule has 1 heterocycles. The molecule has 0 atom stereocenters. The van der Waals surface area contributed by atoms with Crippen LogP contribution < -0.4 is 21.7 Å². The lowest BCUT2D eigenvalue weighted by atomic mass is 10.3. The Labute approximate surface area is 89.7 Å². The van der Waals surface area contributed by atoms with Crippen molar-refractivity contribution in [3.63, 3.8) is 0 Å². The second kappa shape index (κ2) is 4.20. The Kier molecular flexibility index (Phi) is 3.18. The molecule has 0 bridgehead atoms. The molecule has 0 amide bonds. The van der Waals surface area contributed by atoms with Gasteiger partial charge >= 0.3 is 0 Å². The summed E-state index contributed by atoms with van der Waals surface area (Å²) in [5.41, 5.74) is 11.9. The van der Waals surface area contributed by atoms with Crippen molar-refractivity contribution < 1.29 is 0 Å². The van der Waals surface area contributed by atoms with E-state index in [9.17, 15) is 0 Å². The van der Waals surface area contributed by atoms with E-state index in [4.69, 9.17) is 11.5 Å². The van der Waals surface area contributed by atoms with Gasteiger partial charge in [0.25, 0.3) is 0 Å². The van der Waals surface area contributed by atoms with Gasteiger partial charge in [-0.25, -0.2) is 0 Å². The first-order valence-electron chi connectivity index (χ1n) is 4.78. The Hall–Kier alpha value is -1.72. The van der Waals surface area contributed by atoms with Gasteiger partial charge in [-0.3, -0.25) is 0 Å². The first kappa shape index (κ1) is 11.4. The molecule has 1 aromatic rings. The van der Waals surface area contributed by atoms with Gasteiger partial charge in [0.05, 0.1) is 0 Å². The summed E-state index contributed by atoms with van der Waals surface area (Å²) in [5.74, 6) is 1.43. The number of hydrogen-bond acceptors (Lipinski definition) is 6. The highest BCUT2D eigenvalue weighted by Gasteiger charge is 2.11. The largest absolute Gasteiger partial charge is 0.393 e. The smallest absolute Gasteiger partial charge is 0.228 e. The minimum Gasteiger partial charge on any atom is -0.393 e. The van der Waals surface area contributed by atoms with Crippen molar-refractivity contribution in [2.45, 2.75) is 19.9 Å². The van der Waals surface area contributed by atoms with Gasteiger partial charge in [-0.1, -0.05) is 0 Å². The molecule has 0 aliphatic rings. The summed E-state index contributed by atoms with van der Waals surface area (Å²) >= 11 is 0. The van der Waals surface area contributed by atoms with Crippen LogP contribution in [-0.2, 0) is 0 Å². The fraction of sp³-hybridized carbons (Fsp3) is 0.556. The van der Waals surface area contributed by atoms with Crippen LogP contribution >= 0.6 is 0 Å². The summed E-state index contributed by atoms with van der Waals surface area (Å²) in [6, 6.07) is 0.247. The van der Waals surface area contributed by atoms with Crippen LogP contribution in [0, 0.1) is 0 Å². The third kappa shape index (κ3) is 2.61. The molecule has 1 aromatic heterocycles. The van der Waals surface area contributed by atoms with Crippen molar-refractivity contribution in [2.75, 3.05) is 35.8 Å². The molecule has 0 radical (unpaired) electrons. The van der Waals surface area contributed by atoms with Gasteiger partial charge in [-0.05, 0) is 13.8 Å². The second-order valence-electron chi connectivity index (χ2n) is 3.86. The number of nitrogen functional groups attached to an aromatic ring is 2. The number of nitrogens with one attached hydrogen (secondary N) is 1. The van der Waals surface area contributed by atoms with E-state index in [1.165, 1.54) is 0 Å². The van der Waals surface area contributed by atoms with Gasteiger partial charge in [0.1, 0.15) is 5.69 Å². The molecule has 0 fully saturated rings. The quantitative estimate of drug-likeness (QED) is 0.673. The Morgan fingerprint density at radius 2 is 1.80 bits per heavy atom. The monoisotopic (exact) mass is 210 g/mol. The third-order valence-electron chi connectivity index (χ3n) is 1.79. The van der Waals surface area contributed by atoms with Gasteiger partial charge in [0.2, 0.25) is 5.95 Å². The number of aromatic nitrogens is 2. The van der Waals surface area contributed by atoms with Crippen LogP contribution in [0.4, 0.5) is 23.3 Å². The normalized spacial score (nSPS) is 10.5. The van der Waals surface area contributed by atoms with Crippen LogP contribution in [-0.4, -0.2) is 30.1 Å². The third-order valence-corrected chi connectivity index (χ3v) is 1.79. The highest BCUT2D eigenvalue weighted by molar-refractivity contribution is 5.74. The summed E-state index contributed by atoms with van der Waals surface area (Å²) in [5, 5.41) is 3.13. The molecule has 0 saturated heterocycles. The summed E-state index contributed by atoms with van der Waals surface area (Å²) in [6.07, 6.45) is 0. The van der Waals surface area contributed by atoms with Crippen LogP contribution in [0.2, 0.25) is 0 Å². The Bertz CT molecular complexity index is 347. The van der Waals surface area contributed by atoms with Crippen molar-refractivity contribution in [1.82, 2.24) is 9.97 Å². The minimum atomic E-state index is 0.247. The van der Waals surface area contributed by atoms with E-state index in [0.29, 0.717) is 23.3 Å². The van der Waals surface area contributed by atoms with Gasteiger partial charge < -0.3 is 21.7 Å². The van der Waals surface area contributed by atoms with Gasteiger partial charge in [-0.2, -0.15) is 9.97 Å². The number of nitrogens with zero attached hydrogens (tertiary/aromatic N) is 3. The SMILES string of the molecule is CC(C)Nc1nc(N(C)C)nc(N)c1N. The van der Waals surface area contributed by atoms with E-state index in [0.717, 1.165) is 0 Å². The summed E-state index contributed by atoms with van der Waals surface area (Å²) in [6.45, 7) is 4.01. The standard InChI is InChI=1S/C9H18N6/c1-5(2)12-8-6(10)7(11)13-9(14-8)15(3)4/h5H,10H2,1-4H3,(H3,11,12,13,14). The summed E-state index contributed by atoms with van der Waals surface area (Å²) in [4.78, 5) is 10.1. The molecule has 0 unspecified atom stereocenters. The molecule has 0 aliphatic heterocycles. The zero-order valence-electron chi connectivity index (χ0n) is 9.57. The van der Waals surface area contributed by atoms with Crippen LogP contribution in [0.25, 0.3) is 0 Å². The van der Waals surface area contributed by atoms with Crippen molar-refractivity contribution in [1.29, 1.82) is 0 Å². The maximum absolute atomic E-state index is 5.77. The average Bonchev–Trinajstić information content (AvgIpc) is 2.11. The van der Waals surface area contributed by atoms with Crippen LogP contribution in [0.3, 0.4) is 0 Å². The molecular weight excluding hydrogens is 192 g/mol. The van der Waals surface area contributed by atoms with E-state index in [1.54, 1.807) is 4.90 Å². The molecule has 5 N–H and O–H groups in total. The molecule has 0 spiro atoms. The maximum Gasteiger partial charge on any atom is 0.228 e. The zero-order valence-corrected chi connectivity index (χ0v) is 9.57. The lowest BCUT2D eigenvalue weighted by Gasteiger charge is -2.16. The number of hydrogen-bond donors (Lipinski definition) is 3. The topological polar surface area (TPSA) is 93.1 Å². The number of rotatable bonds is 3. The second-order valence-corrected chi connectivity index (χ2v) is 3.86. The Morgan fingerprint density at radius 3 is 2.27 bits per heavy atom. The fourth-order valence-corrected chi connectivity index (χ4v) is 1.06. The minimum absolute atomic E-state index is 0.247. The van der Waals surface area contributed by atoms with Crippen LogP contribution in [0.5, 0.6) is 0 Å². The van der Waals surface area contributed by atoms with E-state index in [2.05, 4.69) is 15.3 Å². The van der Waals surface area contributed by atoms with Crippen LogP contribution in [0.1, 0.15) is 13.8 Å². The summed E-state index contributed by atoms with van der Waals surface area (Å²) in [7, 11) is 3.70. The highest BCUT2D eigenvalue weighted by Crippen LogP contribution is 2.24. The van der Waals surface area contributed by atoms with Crippen molar-refractivity contribution in [2.24, 2.45) is 0 Å². The number of nitrogens with two attached hydrogens (primary N) is 2. The predicted molar refractivity (Wildman–Crippen MR) is 63.9 cm³/mol. The van der Waals surface area contributed by atoms with Gasteiger partial charge in [0.15, 0.2) is 11.6 Å². The lowest BCUT2D eigenvalue weighted by Crippen LogP contribution is -2.19. The van der Waals surface area contributed by atoms with Crippen molar-refractivity contribution >= 4 is 23.3 Å². The van der Waals surface area contributed by atoms with Gasteiger partial charge in [-0.15, -0.1) is 0 Å². The zero-order chi connectivity index (χ0) is 11.6. The average molecular weight is 210 g/mol. The lowest BCUT2D eigenvalue weighted by molar-refractivity contribution is 0.883. The van der Waals surface area contributed by atoms with Crippen molar-refractivity contribution in [3.8, 4) is 0 Å². The van der Waals surface area contributed by atoms with E-state index in [1.807, 2.05) is 27.9 Å². The maximum atomic E-state index is 5.77. The van der Waals surface area contributed by atoms with Crippen molar-refractivity contribution in [3.05, 3.63) is 0 Å². The van der Waals surface area contributed by atoms with E-state index in [-0.39, 0.29) is 6.04 Å². The molecule has 0 aliphatic carbocycles. The molecule has 0 aromatic carbocycles. The fourth-order valence-electron chi connectivity index (χ4n) is 1.06. The molecule has 1 rings (SSSR count). The van der Waals surface area contributed by atoms with E-state index < -0.39 is 0 Å². The van der Waals surface area contributed by atoms with Gasteiger partial charge in [0, 0.05) is 20.1 Å². The van der Waals surface area contributed by atoms with Crippen LogP contribution in [0.15, 0.2) is 0 Å². The Balaban J connectivity index is 3.13. The molecular formula is C9H18N6. The number of anilines is 4. The molecule has 15 heavy (non-hydrogen) atoms. The summed E-state index contributed by atoms with van der Waals surface area (Å²) < 4.78 is 0. The van der Waals surface area contributed by atoms with E-state index >= 15 is 0 Å². The molecule has 84 valence electrons. The first-order chi connectivity index (χ1) is 6.91. The predicted octanol–water partition coefficient (Wildman–Crippen LogP) is 0.527. The first-order valence-corrected chi connectivity index (χ1v) is 4.78. The molecule has 6 nitrogen and oxygen atoms in total. The molecule has 0 saturated carbocycles. The Morgan fingerprint density at radius 1 is 1.20 bits per heavy atom. The highest BCUT2D eigenvalue weighted by atomic mass is 15.2.